The molecule has 0 bridgehead atoms. The number of carbonyl (C=O) groups is 1. The molecule has 25 heavy (non-hydrogen) atoms. The lowest BCUT2D eigenvalue weighted by molar-refractivity contribution is -0.0512. The van der Waals surface area contributed by atoms with Crippen LogP contribution in [0.2, 0.25) is 0 Å². The van der Waals surface area contributed by atoms with Crippen LogP contribution < -0.4 is 14.8 Å². The summed E-state index contributed by atoms with van der Waals surface area (Å²) in [5.41, 5.74) is 0.326. The van der Waals surface area contributed by atoms with Crippen molar-refractivity contribution in [1.29, 1.82) is 0 Å². The van der Waals surface area contributed by atoms with E-state index < -0.39 is 6.61 Å². The Balaban J connectivity index is 1.74. The Morgan fingerprint density at radius 1 is 1.24 bits per heavy atom. The number of hydrogen-bond donors (Lipinski definition) is 1. The van der Waals surface area contributed by atoms with Crippen molar-refractivity contribution in [1.82, 2.24) is 5.32 Å². The highest BCUT2D eigenvalue weighted by molar-refractivity contribution is 5.94. The van der Waals surface area contributed by atoms with Crippen LogP contribution in [0, 0.1) is 0 Å². The SMILES string of the molecule is COc1cc(C(=O)NCCCOC2CCCCC2)ccc1OC(F)F. The molecule has 2 rings (SSSR count). The van der Waals surface area contributed by atoms with Crippen LogP contribution in [0.1, 0.15) is 48.9 Å². The summed E-state index contributed by atoms with van der Waals surface area (Å²) in [6.07, 6.45) is 7.09. The molecule has 1 fully saturated rings. The van der Waals surface area contributed by atoms with Gasteiger partial charge >= 0.3 is 6.61 Å². The molecular formula is C18H25F2NO4. The minimum atomic E-state index is -2.95. The van der Waals surface area contributed by atoms with Crippen molar-refractivity contribution >= 4 is 5.91 Å². The Bertz CT molecular complexity index is 548. The van der Waals surface area contributed by atoms with Gasteiger partial charge in [0.05, 0.1) is 13.2 Å². The normalized spacial score (nSPS) is 15.2. The van der Waals surface area contributed by atoms with Crippen molar-refractivity contribution in [2.24, 2.45) is 0 Å². The Morgan fingerprint density at radius 2 is 2.00 bits per heavy atom. The lowest BCUT2D eigenvalue weighted by Crippen LogP contribution is -2.26. The van der Waals surface area contributed by atoms with Crippen molar-refractivity contribution in [3.63, 3.8) is 0 Å². The van der Waals surface area contributed by atoms with Gasteiger partial charge in [0.15, 0.2) is 11.5 Å². The van der Waals surface area contributed by atoms with Gasteiger partial charge in [-0.15, -0.1) is 0 Å². The number of benzene rings is 1. The molecule has 1 aromatic carbocycles. The van der Waals surface area contributed by atoms with E-state index in [0.29, 0.717) is 24.8 Å². The molecule has 1 saturated carbocycles. The highest BCUT2D eigenvalue weighted by Gasteiger charge is 2.15. The van der Waals surface area contributed by atoms with Crippen molar-refractivity contribution in [3.8, 4) is 11.5 Å². The number of methoxy groups -OCH3 is 1. The van der Waals surface area contributed by atoms with Gasteiger partial charge in [0.1, 0.15) is 0 Å². The number of hydrogen-bond acceptors (Lipinski definition) is 4. The Morgan fingerprint density at radius 3 is 2.68 bits per heavy atom. The third kappa shape index (κ3) is 6.49. The van der Waals surface area contributed by atoms with Crippen LogP contribution in [-0.4, -0.2) is 38.9 Å². The number of rotatable bonds is 9. The van der Waals surface area contributed by atoms with Crippen LogP contribution in [-0.2, 0) is 4.74 Å². The van der Waals surface area contributed by atoms with E-state index >= 15 is 0 Å². The van der Waals surface area contributed by atoms with Gasteiger partial charge in [0.25, 0.3) is 5.91 Å². The molecule has 0 aromatic heterocycles. The second-order valence-electron chi connectivity index (χ2n) is 5.98. The molecule has 5 nitrogen and oxygen atoms in total. The molecular weight excluding hydrogens is 332 g/mol. The summed E-state index contributed by atoms with van der Waals surface area (Å²) in [4.78, 5) is 12.1. The first-order chi connectivity index (χ1) is 12.1. The number of carbonyl (C=O) groups excluding carboxylic acids is 1. The summed E-state index contributed by atoms with van der Waals surface area (Å²) in [6.45, 7) is -1.84. The quantitative estimate of drug-likeness (QED) is 0.684. The Kier molecular flexibility index (Phi) is 7.91. The highest BCUT2D eigenvalue weighted by Crippen LogP contribution is 2.29. The van der Waals surface area contributed by atoms with E-state index in [1.807, 2.05) is 0 Å². The molecule has 1 amide bonds. The van der Waals surface area contributed by atoms with E-state index in [2.05, 4.69) is 10.1 Å². The summed E-state index contributed by atoms with van der Waals surface area (Å²) in [6, 6.07) is 4.10. The number of halogens is 2. The predicted molar refractivity (Wildman–Crippen MR) is 89.4 cm³/mol. The zero-order chi connectivity index (χ0) is 18.1. The minimum absolute atomic E-state index is 0.0913. The molecule has 1 aromatic rings. The molecule has 1 aliphatic rings. The fraction of sp³-hybridized carbons (Fsp3) is 0.611. The number of amides is 1. The van der Waals surface area contributed by atoms with E-state index in [1.165, 1.54) is 44.6 Å². The zero-order valence-corrected chi connectivity index (χ0v) is 14.4. The molecule has 1 N–H and O–H groups in total. The molecule has 1 aliphatic carbocycles. The lowest BCUT2D eigenvalue weighted by Gasteiger charge is -2.21. The van der Waals surface area contributed by atoms with E-state index in [1.54, 1.807) is 0 Å². The van der Waals surface area contributed by atoms with Gasteiger partial charge in [0, 0.05) is 18.7 Å². The Hall–Kier alpha value is -1.89. The predicted octanol–water partition coefficient (Wildman–Crippen LogP) is 3.77. The van der Waals surface area contributed by atoms with Crippen LogP contribution >= 0.6 is 0 Å². The van der Waals surface area contributed by atoms with Gasteiger partial charge in [-0.05, 0) is 37.5 Å². The zero-order valence-electron chi connectivity index (χ0n) is 14.4. The average molecular weight is 357 g/mol. The third-order valence-corrected chi connectivity index (χ3v) is 4.15. The molecule has 7 heteroatoms. The summed E-state index contributed by atoms with van der Waals surface area (Å²) >= 11 is 0. The summed E-state index contributed by atoms with van der Waals surface area (Å²) in [7, 11) is 1.33. The number of ether oxygens (including phenoxy) is 3. The smallest absolute Gasteiger partial charge is 0.387 e. The van der Waals surface area contributed by atoms with Crippen LogP contribution in [0.4, 0.5) is 8.78 Å². The molecule has 0 radical (unpaired) electrons. The minimum Gasteiger partial charge on any atom is -0.493 e. The molecule has 0 unspecified atom stereocenters. The van der Waals surface area contributed by atoms with Gasteiger partial charge in [-0.2, -0.15) is 8.78 Å². The van der Waals surface area contributed by atoms with E-state index in [9.17, 15) is 13.6 Å². The van der Waals surface area contributed by atoms with Crippen LogP contribution in [0.25, 0.3) is 0 Å². The second kappa shape index (κ2) is 10.2. The maximum atomic E-state index is 12.3. The fourth-order valence-electron chi connectivity index (χ4n) is 2.86. The van der Waals surface area contributed by atoms with E-state index in [0.717, 1.165) is 19.3 Å². The Labute approximate surface area is 146 Å². The highest BCUT2D eigenvalue weighted by atomic mass is 19.3. The van der Waals surface area contributed by atoms with Crippen molar-refractivity contribution in [2.75, 3.05) is 20.3 Å². The van der Waals surface area contributed by atoms with E-state index in [-0.39, 0.29) is 17.4 Å². The van der Waals surface area contributed by atoms with Gasteiger partial charge in [-0.3, -0.25) is 4.79 Å². The first-order valence-corrected chi connectivity index (χ1v) is 8.63. The maximum absolute atomic E-state index is 12.3. The largest absolute Gasteiger partial charge is 0.493 e. The standard InChI is InChI=1S/C18H25F2NO4/c1-23-16-12-13(8-9-15(16)25-18(19)20)17(22)21-10-5-11-24-14-6-3-2-4-7-14/h8-9,12,14,18H,2-7,10-11H2,1H3,(H,21,22). The number of alkyl halides is 2. The van der Waals surface area contributed by atoms with Gasteiger partial charge in [0.2, 0.25) is 0 Å². The lowest BCUT2D eigenvalue weighted by atomic mass is 9.98. The van der Waals surface area contributed by atoms with Gasteiger partial charge in [-0.1, -0.05) is 19.3 Å². The fourth-order valence-corrected chi connectivity index (χ4v) is 2.86. The van der Waals surface area contributed by atoms with E-state index in [4.69, 9.17) is 9.47 Å². The van der Waals surface area contributed by atoms with Crippen molar-refractivity contribution in [2.45, 2.75) is 51.2 Å². The summed E-state index contributed by atoms with van der Waals surface area (Å²) in [5, 5.41) is 2.78. The average Bonchev–Trinajstić information content (AvgIpc) is 2.62. The molecule has 140 valence electrons. The van der Waals surface area contributed by atoms with Crippen LogP contribution in [0.3, 0.4) is 0 Å². The van der Waals surface area contributed by atoms with Crippen molar-refractivity contribution in [3.05, 3.63) is 23.8 Å². The summed E-state index contributed by atoms with van der Waals surface area (Å²) in [5.74, 6) is -0.303. The van der Waals surface area contributed by atoms with Crippen LogP contribution in [0.5, 0.6) is 11.5 Å². The monoisotopic (exact) mass is 357 g/mol. The second-order valence-corrected chi connectivity index (χ2v) is 5.98. The summed E-state index contributed by atoms with van der Waals surface area (Å²) < 4.78 is 39.7. The van der Waals surface area contributed by atoms with Crippen molar-refractivity contribution < 1.29 is 27.8 Å². The first kappa shape index (κ1) is 19.4. The van der Waals surface area contributed by atoms with Crippen LogP contribution in [0.15, 0.2) is 18.2 Å². The molecule has 0 heterocycles. The van der Waals surface area contributed by atoms with Gasteiger partial charge < -0.3 is 19.5 Å². The van der Waals surface area contributed by atoms with Gasteiger partial charge in [-0.25, -0.2) is 0 Å². The molecule has 0 saturated heterocycles. The number of nitrogens with one attached hydrogen (secondary N) is 1. The molecule has 0 atom stereocenters. The maximum Gasteiger partial charge on any atom is 0.387 e. The topological polar surface area (TPSA) is 56.8 Å². The molecule has 0 aliphatic heterocycles. The third-order valence-electron chi connectivity index (χ3n) is 4.15. The molecule has 0 spiro atoms. The first-order valence-electron chi connectivity index (χ1n) is 8.63.